The number of carbonyl (C=O) groups is 1. The number of hydrogen-bond acceptors (Lipinski definition) is 3. The number of rotatable bonds is 2. The molecule has 0 saturated carbocycles. The molecule has 2 atom stereocenters. The minimum Gasteiger partial charge on any atom is -0.326 e. The summed E-state index contributed by atoms with van der Waals surface area (Å²) in [5.41, 5.74) is 6.59. The van der Waals surface area contributed by atoms with Crippen molar-refractivity contribution in [2.75, 3.05) is 6.54 Å². The first-order chi connectivity index (χ1) is 10.1. The lowest BCUT2D eigenvalue weighted by atomic mass is 9.97. The Kier molecular flexibility index (Phi) is 4.51. The summed E-state index contributed by atoms with van der Waals surface area (Å²) in [6.45, 7) is 3.73. The van der Waals surface area contributed by atoms with E-state index in [-0.39, 0.29) is 31.0 Å². The van der Waals surface area contributed by atoms with Crippen LogP contribution in [0.3, 0.4) is 0 Å². The predicted octanol–water partition coefficient (Wildman–Crippen LogP) is 2.04. The molecule has 1 fully saturated rings. The lowest BCUT2D eigenvalue weighted by Gasteiger charge is -2.39. The predicted molar refractivity (Wildman–Crippen MR) is 75.4 cm³/mol. The van der Waals surface area contributed by atoms with Crippen molar-refractivity contribution >= 4 is 5.91 Å². The van der Waals surface area contributed by atoms with Gasteiger partial charge in [-0.25, -0.2) is 0 Å². The van der Waals surface area contributed by atoms with Crippen molar-refractivity contribution in [1.82, 2.24) is 14.7 Å². The molecular formula is C14H21F3N4O. The first-order valence-corrected chi connectivity index (χ1v) is 7.28. The third-order valence-corrected chi connectivity index (χ3v) is 3.97. The highest BCUT2D eigenvalue weighted by atomic mass is 19.4. The number of carbonyl (C=O) groups excluding carboxylic acids is 1. The van der Waals surface area contributed by atoms with Gasteiger partial charge in [0.2, 0.25) is 0 Å². The second-order valence-electron chi connectivity index (χ2n) is 6.09. The van der Waals surface area contributed by atoms with Crippen molar-refractivity contribution in [3.8, 4) is 0 Å². The molecule has 2 N–H and O–H groups in total. The molecule has 1 aromatic heterocycles. The fraction of sp³-hybridized carbons (Fsp3) is 0.714. The molecule has 1 amide bonds. The summed E-state index contributed by atoms with van der Waals surface area (Å²) < 4.78 is 40.9. The van der Waals surface area contributed by atoms with E-state index in [0.717, 1.165) is 4.90 Å². The average molecular weight is 318 g/mol. The van der Waals surface area contributed by atoms with Gasteiger partial charge < -0.3 is 10.6 Å². The molecule has 1 aliphatic heterocycles. The molecular weight excluding hydrogens is 297 g/mol. The van der Waals surface area contributed by atoms with Gasteiger partial charge in [0.05, 0.1) is 5.69 Å². The van der Waals surface area contributed by atoms with Gasteiger partial charge in [0.1, 0.15) is 11.7 Å². The molecule has 0 aliphatic carbocycles. The van der Waals surface area contributed by atoms with Crippen LogP contribution in [0.5, 0.6) is 0 Å². The van der Waals surface area contributed by atoms with E-state index in [1.54, 1.807) is 13.1 Å². The maximum absolute atomic E-state index is 13.2. The standard InChI is InChI=1S/C14H21F3N4O/c1-8(2)10-6-11(20(3)19-10)13(22)21-7-9(18)4-5-12(21)14(15,16)17/h6,8-9,12H,4-5,7,18H2,1-3H3. The molecule has 0 bridgehead atoms. The summed E-state index contributed by atoms with van der Waals surface area (Å²) in [5.74, 6) is -0.575. The van der Waals surface area contributed by atoms with Gasteiger partial charge in [0.15, 0.2) is 0 Å². The van der Waals surface area contributed by atoms with Crippen LogP contribution in [-0.4, -0.2) is 45.4 Å². The second-order valence-corrected chi connectivity index (χ2v) is 6.09. The van der Waals surface area contributed by atoms with Crippen LogP contribution in [0.2, 0.25) is 0 Å². The molecule has 8 heteroatoms. The SMILES string of the molecule is CC(C)c1cc(C(=O)N2CC(N)CCC2C(F)(F)F)n(C)n1. The first kappa shape index (κ1) is 16.8. The van der Waals surface area contributed by atoms with Crippen LogP contribution in [-0.2, 0) is 7.05 Å². The van der Waals surface area contributed by atoms with Crippen molar-refractivity contribution < 1.29 is 18.0 Å². The largest absolute Gasteiger partial charge is 0.408 e. The van der Waals surface area contributed by atoms with Crippen LogP contribution in [0.25, 0.3) is 0 Å². The van der Waals surface area contributed by atoms with Crippen LogP contribution in [0.4, 0.5) is 13.2 Å². The molecule has 22 heavy (non-hydrogen) atoms. The molecule has 1 aliphatic rings. The molecule has 2 heterocycles. The van der Waals surface area contributed by atoms with Gasteiger partial charge in [-0.15, -0.1) is 0 Å². The third-order valence-electron chi connectivity index (χ3n) is 3.97. The van der Waals surface area contributed by atoms with E-state index in [4.69, 9.17) is 5.73 Å². The van der Waals surface area contributed by atoms with E-state index in [1.165, 1.54) is 4.68 Å². The fourth-order valence-electron chi connectivity index (χ4n) is 2.68. The maximum atomic E-state index is 13.2. The zero-order valence-corrected chi connectivity index (χ0v) is 12.9. The van der Waals surface area contributed by atoms with Gasteiger partial charge in [0.25, 0.3) is 5.91 Å². The number of aromatic nitrogens is 2. The molecule has 0 spiro atoms. The number of nitrogens with two attached hydrogens (primary N) is 1. The number of alkyl halides is 3. The zero-order chi connectivity index (χ0) is 16.7. The lowest BCUT2D eigenvalue weighted by molar-refractivity contribution is -0.184. The Morgan fingerprint density at radius 3 is 2.55 bits per heavy atom. The van der Waals surface area contributed by atoms with Crippen LogP contribution in [0.1, 0.15) is 48.8 Å². The molecule has 124 valence electrons. The lowest BCUT2D eigenvalue weighted by Crippen LogP contribution is -2.56. The first-order valence-electron chi connectivity index (χ1n) is 7.28. The normalized spacial score (nSPS) is 23.2. The molecule has 1 aromatic rings. The number of piperidine rings is 1. The fourth-order valence-corrected chi connectivity index (χ4v) is 2.68. The number of nitrogens with zero attached hydrogens (tertiary/aromatic N) is 3. The van der Waals surface area contributed by atoms with Gasteiger partial charge in [-0.1, -0.05) is 13.8 Å². The van der Waals surface area contributed by atoms with E-state index in [0.29, 0.717) is 5.69 Å². The van der Waals surface area contributed by atoms with E-state index in [9.17, 15) is 18.0 Å². The Morgan fingerprint density at radius 1 is 1.41 bits per heavy atom. The number of halogens is 3. The summed E-state index contributed by atoms with van der Waals surface area (Å²) in [5, 5.41) is 4.19. The smallest absolute Gasteiger partial charge is 0.326 e. The van der Waals surface area contributed by atoms with E-state index in [1.807, 2.05) is 13.8 Å². The van der Waals surface area contributed by atoms with Crippen LogP contribution in [0, 0.1) is 0 Å². The van der Waals surface area contributed by atoms with Gasteiger partial charge in [0, 0.05) is 19.6 Å². The molecule has 0 aromatic carbocycles. The maximum Gasteiger partial charge on any atom is 0.408 e. The highest BCUT2D eigenvalue weighted by molar-refractivity contribution is 5.93. The highest BCUT2D eigenvalue weighted by Gasteiger charge is 2.48. The summed E-state index contributed by atoms with van der Waals surface area (Å²) in [4.78, 5) is 13.4. The molecule has 5 nitrogen and oxygen atoms in total. The van der Waals surface area contributed by atoms with Crippen LogP contribution in [0.15, 0.2) is 6.07 Å². The number of aryl methyl sites for hydroxylation is 1. The van der Waals surface area contributed by atoms with Crippen LogP contribution < -0.4 is 5.73 Å². The Bertz CT molecular complexity index is 553. The van der Waals surface area contributed by atoms with E-state index < -0.39 is 24.2 Å². The quantitative estimate of drug-likeness (QED) is 0.907. The summed E-state index contributed by atoms with van der Waals surface area (Å²) >= 11 is 0. The van der Waals surface area contributed by atoms with Crippen molar-refractivity contribution in [1.29, 1.82) is 0 Å². The van der Waals surface area contributed by atoms with Crippen molar-refractivity contribution in [2.45, 2.75) is 50.9 Å². The van der Waals surface area contributed by atoms with Gasteiger partial charge in [-0.05, 0) is 24.8 Å². The second kappa shape index (κ2) is 5.91. The number of amides is 1. The monoisotopic (exact) mass is 318 g/mol. The van der Waals surface area contributed by atoms with Gasteiger partial charge in [-0.3, -0.25) is 9.48 Å². The Morgan fingerprint density at radius 2 is 2.05 bits per heavy atom. The molecule has 0 radical (unpaired) electrons. The zero-order valence-electron chi connectivity index (χ0n) is 12.9. The molecule has 2 unspecified atom stereocenters. The van der Waals surface area contributed by atoms with Crippen molar-refractivity contribution in [2.24, 2.45) is 12.8 Å². The minimum absolute atomic E-state index is 0.0921. The van der Waals surface area contributed by atoms with Gasteiger partial charge >= 0.3 is 6.18 Å². The Balaban J connectivity index is 2.32. The molecule has 1 saturated heterocycles. The summed E-state index contributed by atoms with van der Waals surface area (Å²) in [7, 11) is 1.56. The minimum atomic E-state index is -4.45. The highest BCUT2D eigenvalue weighted by Crippen LogP contribution is 2.32. The summed E-state index contributed by atoms with van der Waals surface area (Å²) in [6.07, 6.45) is -4.35. The van der Waals surface area contributed by atoms with Crippen molar-refractivity contribution in [3.63, 3.8) is 0 Å². The average Bonchev–Trinajstić information content (AvgIpc) is 2.78. The van der Waals surface area contributed by atoms with Crippen molar-refractivity contribution in [3.05, 3.63) is 17.5 Å². The van der Waals surface area contributed by atoms with Gasteiger partial charge in [-0.2, -0.15) is 18.3 Å². The van der Waals surface area contributed by atoms with E-state index in [2.05, 4.69) is 5.10 Å². The molecule has 2 rings (SSSR count). The Labute approximate surface area is 127 Å². The van der Waals surface area contributed by atoms with Crippen LogP contribution >= 0.6 is 0 Å². The Hall–Kier alpha value is -1.57. The topological polar surface area (TPSA) is 64.2 Å². The summed E-state index contributed by atoms with van der Waals surface area (Å²) in [6, 6.07) is -0.654. The van der Waals surface area contributed by atoms with E-state index >= 15 is 0 Å². The number of likely N-dealkylation sites (tertiary alicyclic amines) is 1. The third kappa shape index (κ3) is 3.26. The number of hydrogen-bond donors (Lipinski definition) is 1.